The third-order valence-electron chi connectivity index (χ3n) is 7.70. The molecule has 0 heterocycles. The number of nitrogens with zero attached hydrogens (tertiary/aromatic N) is 2. The van der Waals surface area contributed by atoms with Crippen LogP contribution in [0, 0.1) is 13.8 Å². The van der Waals surface area contributed by atoms with Crippen molar-refractivity contribution in [2.45, 2.75) is 64.6 Å². The molecule has 1 aliphatic rings. The number of para-hydroxylation sites is 1. The fraction of sp³-hybridized carbons (Fsp3) is 0.375. The van der Waals surface area contributed by atoms with E-state index in [4.69, 9.17) is 23.2 Å². The van der Waals surface area contributed by atoms with Crippen molar-refractivity contribution < 1.29 is 18.0 Å². The van der Waals surface area contributed by atoms with Gasteiger partial charge in [0.05, 0.1) is 11.9 Å². The first-order chi connectivity index (χ1) is 19.9. The molecule has 0 saturated heterocycles. The van der Waals surface area contributed by atoms with Crippen LogP contribution in [0.25, 0.3) is 0 Å². The number of amides is 2. The van der Waals surface area contributed by atoms with E-state index in [0.717, 1.165) is 52.9 Å². The topological polar surface area (TPSA) is 86.8 Å². The van der Waals surface area contributed by atoms with Gasteiger partial charge < -0.3 is 10.2 Å². The summed E-state index contributed by atoms with van der Waals surface area (Å²) in [5, 5.41) is 3.95. The highest BCUT2D eigenvalue weighted by Gasteiger charge is 2.35. The molecule has 224 valence electrons. The zero-order valence-electron chi connectivity index (χ0n) is 24.1. The summed E-state index contributed by atoms with van der Waals surface area (Å²) in [4.78, 5) is 29.7. The highest BCUT2D eigenvalue weighted by Crippen LogP contribution is 2.29. The lowest BCUT2D eigenvalue weighted by atomic mass is 10.0. The molecular formula is C32H37Cl2N3O4S. The van der Waals surface area contributed by atoms with Gasteiger partial charge in [-0.05, 0) is 61.1 Å². The summed E-state index contributed by atoms with van der Waals surface area (Å²) in [6.45, 7) is 3.14. The molecule has 1 aliphatic carbocycles. The molecule has 2 amide bonds. The van der Waals surface area contributed by atoms with Gasteiger partial charge in [0.1, 0.15) is 12.6 Å². The molecule has 0 spiro atoms. The van der Waals surface area contributed by atoms with Crippen LogP contribution in [0.3, 0.4) is 0 Å². The molecule has 0 aromatic heterocycles. The van der Waals surface area contributed by atoms with Crippen LogP contribution in [0.2, 0.25) is 10.0 Å². The minimum atomic E-state index is -3.86. The number of nitrogens with one attached hydrogen (secondary N) is 1. The minimum absolute atomic E-state index is 0.00518. The third-order valence-corrected chi connectivity index (χ3v) is 9.40. The Morgan fingerprint density at radius 1 is 0.952 bits per heavy atom. The van der Waals surface area contributed by atoms with Gasteiger partial charge in [-0.25, -0.2) is 8.42 Å². The summed E-state index contributed by atoms with van der Waals surface area (Å²) < 4.78 is 27.3. The Bertz CT molecular complexity index is 1510. The number of carbonyl (C=O) groups is 2. The molecule has 1 unspecified atom stereocenters. The van der Waals surface area contributed by atoms with Crippen LogP contribution < -0.4 is 9.62 Å². The Morgan fingerprint density at radius 2 is 1.60 bits per heavy atom. The van der Waals surface area contributed by atoms with Gasteiger partial charge >= 0.3 is 0 Å². The number of anilines is 1. The van der Waals surface area contributed by atoms with E-state index in [9.17, 15) is 18.0 Å². The van der Waals surface area contributed by atoms with E-state index >= 15 is 0 Å². The summed E-state index contributed by atoms with van der Waals surface area (Å²) in [6.07, 6.45) is 5.18. The maximum absolute atomic E-state index is 14.3. The molecule has 0 aliphatic heterocycles. The summed E-state index contributed by atoms with van der Waals surface area (Å²) in [5.41, 5.74) is 3.37. The third kappa shape index (κ3) is 8.06. The number of rotatable bonds is 11. The van der Waals surface area contributed by atoms with Crippen LogP contribution in [-0.2, 0) is 32.6 Å². The Balaban J connectivity index is 1.77. The molecule has 10 heteroatoms. The Hall–Kier alpha value is -3.07. The van der Waals surface area contributed by atoms with Crippen molar-refractivity contribution in [1.82, 2.24) is 10.2 Å². The Labute approximate surface area is 258 Å². The van der Waals surface area contributed by atoms with Gasteiger partial charge in [0.15, 0.2) is 0 Å². The second-order valence-electron chi connectivity index (χ2n) is 11.0. The van der Waals surface area contributed by atoms with Gasteiger partial charge in [-0.1, -0.05) is 90.6 Å². The maximum atomic E-state index is 14.3. The lowest BCUT2D eigenvalue weighted by Gasteiger charge is -2.34. The monoisotopic (exact) mass is 629 g/mol. The lowest BCUT2D eigenvalue weighted by molar-refractivity contribution is -0.140. The zero-order chi connectivity index (χ0) is 30.4. The summed E-state index contributed by atoms with van der Waals surface area (Å²) >= 11 is 12.7. The van der Waals surface area contributed by atoms with E-state index in [1.807, 2.05) is 62.4 Å². The molecule has 1 saturated carbocycles. The van der Waals surface area contributed by atoms with Crippen LogP contribution in [0.4, 0.5) is 5.69 Å². The Kier molecular flexibility index (Phi) is 10.6. The predicted octanol–water partition coefficient (Wildman–Crippen LogP) is 6.08. The fourth-order valence-electron chi connectivity index (χ4n) is 5.53. The molecule has 4 rings (SSSR count). The summed E-state index contributed by atoms with van der Waals surface area (Å²) in [6, 6.07) is 19.1. The maximum Gasteiger partial charge on any atom is 0.244 e. The quantitative estimate of drug-likeness (QED) is 0.279. The van der Waals surface area contributed by atoms with Crippen molar-refractivity contribution >= 4 is 50.7 Å². The van der Waals surface area contributed by atoms with E-state index in [0.29, 0.717) is 21.3 Å². The lowest BCUT2D eigenvalue weighted by Crippen LogP contribution is -2.54. The van der Waals surface area contributed by atoms with E-state index in [1.54, 1.807) is 18.2 Å². The van der Waals surface area contributed by atoms with Crippen LogP contribution in [-0.4, -0.2) is 50.0 Å². The van der Waals surface area contributed by atoms with Gasteiger partial charge in [-0.15, -0.1) is 0 Å². The number of hydrogen-bond donors (Lipinski definition) is 1. The van der Waals surface area contributed by atoms with Crippen molar-refractivity contribution in [2.75, 3.05) is 17.1 Å². The van der Waals surface area contributed by atoms with E-state index in [1.165, 1.54) is 4.90 Å². The number of benzene rings is 3. The predicted molar refractivity (Wildman–Crippen MR) is 169 cm³/mol. The van der Waals surface area contributed by atoms with Crippen molar-refractivity contribution in [2.24, 2.45) is 0 Å². The fourth-order valence-corrected chi connectivity index (χ4v) is 6.96. The van der Waals surface area contributed by atoms with E-state index < -0.39 is 28.5 Å². The number of halogens is 2. The number of hydrogen-bond acceptors (Lipinski definition) is 4. The minimum Gasteiger partial charge on any atom is -0.352 e. The molecule has 0 bridgehead atoms. The van der Waals surface area contributed by atoms with Gasteiger partial charge in [0.2, 0.25) is 21.8 Å². The highest BCUT2D eigenvalue weighted by molar-refractivity contribution is 7.92. The first-order valence-electron chi connectivity index (χ1n) is 14.1. The zero-order valence-corrected chi connectivity index (χ0v) is 26.5. The highest BCUT2D eigenvalue weighted by atomic mass is 35.5. The molecule has 1 fully saturated rings. The molecule has 3 aromatic carbocycles. The van der Waals surface area contributed by atoms with Gasteiger partial charge in [-0.3, -0.25) is 13.9 Å². The number of sulfonamides is 1. The SMILES string of the molecule is Cc1cccc(C)c1N(CC(=O)N(Cc1ccc(Cl)cc1Cl)C(Cc1ccccc1)C(=O)NC1CCCC1)S(C)(=O)=O. The number of carbonyl (C=O) groups excluding carboxylic acids is 2. The van der Waals surface area contributed by atoms with Gasteiger partial charge in [0, 0.05) is 29.1 Å². The molecule has 3 aromatic rings. The van der Waals surface area contributed by atoms with Crippen molar-refractivity contribution in [3.8, 4) is 0 Å². The van der Waals surface area contributed by atoms with Crippen LogP contribution in [0.1, 0.15) is 47.9 Å². The summed E-state index contributed by atoms with van der Waals surface area (Å²) in [5.74, 6) is -0.793. The first-order valence-corrected chi connectivity index (χ1v) is 16.7. The second-order valence-corrected chi connectivity index (χ2v) is 13.7. The van der Waals surface area contributed by atoms with E-state index in [-0.39, 0.29) is 24.9 Å². The van der Waals surface area contributed by atoms with Gasteiger partial charge in [-0.2, -0.15) is 0 Å². The van der Waals surface area contributed by atoms with E-state index in [2.05, 4.69) is 5.32 Å². The Morgan fingerprint density at radius 3 is 2.19 bits per heavy atom. The van der Waals surface area contributed by atoms with Crippen molar-refractivity contribution in [3.05, 3.63) is 99.0 Å². The standard InChI is InChI=1S/C32H37Cl2N3O4S/c1-22-10-9-11-23(2)31(22)37(42(3,40)41)21-30(38)36(20-25-16-17-26(33)19-28(25)34)29(18-24-12-5-4-6-13-24)32(39)35-27-14-7-8-15-27/h4-6,9-13,16-17,19,27,29H,7-8,14-15,18,20-21H2,1-3H3,(H,35,39). The second kappa shape index (κ2) is 13.9. The summed E-state index contributed by atoms with van der Waals surface area (Å²) in [7, 11) is -3.86. The molecule has 1 N–H and O–H groups in total. The van der Waals surface area contributed by atoms with Gasteiger partial charge in [0.25, 0.3) is 0 Å². The smallest absolute Gasteiger partial charge is 0.244 e. The average molecular weight is 631 g/mol. The van der Waals surface area contributed by atoms with Crippen LogP contribution in [0.5, 0.6) is 0 Å². The molecule has 7 nitrogen and oxygen atoms in total. The van der Waals surface area contributed by atoms with Crippen LogP contribution >= 0.6 is 23.2 Å². The van der Waals surface area contributed by atoms with Crippen molar-refractivity contribution in [1.29, 1.82) is 0 Å². The molecule has 1 atom stereocenters. The molecule has 0 radical (unpaired) electrons. The normalized spacial score (nSPS) is 14.4. The largest absolute Gasteiger partial charge is 0.352 e. The molecule has 42 heavy (non-hydrogen) atoms. The first kappa shape index (κ1) is 31.9. The number of aryl methyl sites for hydroxylation is 2. The van der Waals surface area contributed by atoms with Crippen molar-refractivity contribution in [3.63, 3.8) is 0 Å². The molecular weight excluding hydrogens is 593 g/mol. The van der Waals surface area contributed by atoms with Crippen LogP contribution in [0.15, 0.2) is 66.7 Å². The average Bonchev–Trinajstić information content (AvgIpc) is 3.44.